The van der Waals surface area contributed by atoms with Gasteiger partial charge in [0.2, 0.25) is 0 Å². The maximum Gasteiger partial charge on any atom is 0.300 e. The topological polar surface area (TPSA) is 82.6 Å². The molecule has 1 amide bonds. The first-order valence-corrected chi connectivity index (χ1v) is 13.2. The van der Waals surface area contributed by atoms with Crippen molar-refractivity contribution in [3.05, 3.63) is 99.2 Å². The number of aliphatic hydroxyl groups is 1. The fraction of sp³-hybridized carbons (Fsp3) is 0.273. The molecule has 0 bridgehead atoms. The number of benzene rings is 3. The summed E-state index contributed by atoms with van der Waals surface area (Å²) in [5.41, 5.74) is 7.36. The number of para-hydroxylation sites is 1. The van der Waals surface area contributed by atoms with Gasteiger partial charge in [-0.1, -0.05) is 38.1 Å². The number of fused-ring (bicyclic) bond motifs is 1. The third-order valence-electron chi connectivity index (χ3n) is 7.60. The van der Waals surface area contributed by atoms with Crippen LogP contribution in [-0.2, 0) is 9.59 Å². The Morgan fingerprint density at radius 3 is 2.28 bits per heavy atom. The number of nitrogens with zero attached hydrogens (tertiary/aromatic N) is 1. The van der Waals surface area contributed by atoms with Gasteiger partial charge in [0.05, 0.1) is 18.7 Å². The van der Waals surface area contributed by atoms with Gasteiger partial charge >= 0.3 is 0 Å². The van der Waals surface area contributed by atoms with E-state index in [1.165, 1.54) is 0 Å². The Bertz CT molecular complexity index is 1650. The van der Waals surface area contributed by atoms with Crippen LogP contribution < -0.4 is 9.64 Å². The molecule has 0 radical (unpaired) electrons. The first kappa shape index (κ1) is 26.3. The molecular weight excluding hydrogens is 488 g/mol. The minimum absolute atomic E-state index is 0.0787. The van der Waals surface area contributed by atoms with E-state index in [4.69, 9.17) is 4.74 Å². The molecule has 1 fully saturated rings. The van der Waals surface area contributed by atoms with E-state index in [0.717, 1.165) is 50.2 Å². The van der Waals surface area contributed by atoms with E-state index in [9.17, 15) is 14.7 Å². The number of carbonyl (C=O) groups is 2. The number of ether oxygens (including phenoxy) is 1. The maximum absolute atomic E-state index is 13.8. The Morgan fingerprint density at radius 1 is 0.974 bits per heavy atom. The second kappa shape index (κ2) is 9.77. The van der Waals surface area contributed by atoms with Crippen molar-refractivity contribution in [2.75, 3.05) is 12.0 Å². The number of anilines is 1. The van der Waals surface area contributed by atoms with Gasteiger partial charge < -0.3 is 14.8 Å². The Labute approximate surface area is 228 Å². The van der Waals surface area contributed by atoms with Gasteiger partial charge in [-0.15, -0.1) is 0 Å². The molecule has 6 heteroatoms. The fourth-order valence-corrected chi connectivity index (χ4v) is 5.84. The molecule has 2 N–H and O–H groups in total. The van der Waals surface area contributed by atoms with Crippen molar-refractivity contribution in [3.63, 3.8) is 0 Å². The van der Waals surface area contributed by atoms with E-state index in [2.05, 4.69) is 4.98 Å². The van der Waals surface area contributed by atoms with Crippen LogP contribution >= 0.6 is 0 Å². The first-order valence-electron chi connectivity index (χ1n) is 13.2. The number of rotatable bonds is 5. The van der Waals surface area contributed by atoms with Crippen LogP contribution in [0.15, 0.2) is 60.2 Å². The molecule has 5 rings (SSSR count). The van der Waals surface area contributed by atoms with Crippen molar-refractivity contribution in [1.29, 1.82) is 0 Å². The molecule has 1 aliphatic rings. The predicted molar refractivity (Wildman–Crippen MR) is 156 cm³/mol. The maximum atomic E-state index is 13.8. The molecule has 6 nitrogen and oxygen atoms in total. The Balaban J connectivity index is 1.85. The van der Waals surface area contributed by atoms with Crippen molar-refractivity contribution in [1.82, 2.24) is 4.98 Å². The summed E-state index contributed by atoms with van der Waals surface area (Å²) < 4.78 is 5.60. The number of ketones is 1. The van der Waals surface area contributed by atoms with E-state index in [-0.39, 0.29) is 17.3 Å². The van der Waals surface area contributed by atoms with E-state index >= 15 is 0 Å². The lowest BCUT2D eigenvalue weighted by Crippen LogP contribution is -2.29. The van der Waals surface area contributed by atoms with Gasteiger partial charge in [-0.25, -0.2) is 0 Å². The molecule has 1 aromatic heterocycles. The number of hydrogen-bond acceptors (Lipinski definition) is 4. The summed E-state index contributed by atoms with van der Waals surface area (Å²) in [6.45, 7) is 11.8. The molecule has 39 heavy (non-hydrogen) atoms. The number of carbonyl (C=O) groups excluding carboxylic acids is 2. The van der Waals surface area contributed by atoms with E-state index in [1.807, 2.05) is 96.1 Å². The molecular formula is C33H34N2O4. The number of aromatic nitrogens is 1. The van der Waals surface area contributed by atoms with Crippen molar-refractivity contribution in [2.45, 2.75) is 53.5 Å². The summed E-state index contributed by atoms with van der Waals surface area (Å²) in [6, 6.07) is 16.6. The molecule has 1 atom stereocenters. The molecule has 0 saturated carbocycles. The van der Waals surface area contributed by atoms with Crippen LogP contribution in [0.1, 0.15) is 64.9 Å². The average molecular weight is 523 g/mol. The fourth-order valence-electron chi connectivity index (χ4n) is 5.84. The van der Waals surface area contributed by atoms with Gasteiger partial charge in [0.25, 0.3) is 11.7 Å². The largest absolute Gasteiger partial charge is 0.507 e. The molecule has 2 heterocycles. The Morgan fingerprint density at radius 2 is 1.64 bits per heavy atom. The zero-order chi connectivity index (χ0) is 28.2. The van der Waals surface area contributed by atoms with Crippen LogP contribution in [0, 0.1) is 27.7 Å². The standard InChI is InChI=1S/C33H34N2O4/c1-17(2)24-16-25(20(5)15-27(24)39-7)31(36)29-30(28-21(6)34-26-11-9-8-10-23(26)28)35(33(38)32(29)37)22-13-18(3)12-19(4)14-22/h8-17,30,34,36H,1-7H3/b31-29+. The molecule has 0 aliphatic carbocycles. The van der Waals surface area contributed by atoms with E-state index in [1.54, 1.807) is 12.0 Å². The number of H-pyrrole nitrogens is 1. The van der Waals surface area contributed by atoms with E-state index < -0.39 is 17.7 Å². The monoisotopic (exact) mass is 522 g/mol. The number of nitrogens with one attached hydrogen (secondary N) is 1. The van der Waals surface area contributed by atoms with E-state index in [0.29, 0.717) is 11.3 Å². The summed E-state index contributed by atoms with van der Waals surface area (Å²) in [6.07, 6.45) is 0. The van der Waals surface area contributed by atoms with Crippen LogP contribution in [0.5, 0.6) is 5.75 Å². The second-order valence-corrected chi connectivity index (χ2v) is 10.8. The number of aryl methyl sites for hydroxylation is 4. The average Bonchev–Trinajstić information content (AvgIpc) is 3.34. The lowest BCUT2D eigenvalue weighted by molar-refractivity contribution is -0.132. The summed E-state index contributed by atoms with van der Waals surface area (Å²) in [5.74, 6) is -0.707. The summed E-state index contributed by atoms with van der Waals surface area (Å²) in [7, 11) is 1.62. The zero-order valence-electron chi connectivity index (χ0n) is 23.5. The molecule has 3 aromatic carbocycles. The number of aromatic amines is 1. The summed E-state index contributed by atoms with van der Waals surface area (Å²) in [4.78, 5) is 32.6. The summed E-state index contributed by atoms with van der Waals surface area (Å²) in [5, 5.41) is 12.8. The highest BCUT2D eigenvalue weighted by molar-refractivity contribution is 6.52. The molecule has 1 unspecified atom stereocenters. The van der Waals surface area contributed by atoms with Gasteiger partial charge in [0.15, 0.2) is 0 Å². The normalized spacial score (nSPS) is 17.0. The first-order chi connectivity index (χ1) is 18.5. The van der Waals surface area contributed by atoms with Crippen molar-refractivity contribution < 1.29 is 19.4 Å². The highest BCUT2D eigenvalue weighted by Crippen LogP contribution is 2.46. The van der Waals surface area contributed by atoms with Crippen molar-refractivity contribution in [3.8, 4) is 5.75 Å². The van der Waals surface area contributed by atoms with Gasteiger partial charge in [0, 0.05) is 33.4 Å². The van der Waals surface area contributed by atoms with Crippen LogP contribution in [-0.4, -0.2) is 28.9 Å². The molecule has 4 aromatic rings. The van der Waals surface area contributed by atoms with Gasteiger partial charge in [0.1, 0.15) is 11.5 Å². The third kappa shape index (κ3) is 4.30. The van der Waals surface area contributed by atoms with Crippen LogP contribution in [0.3, 0.4) is 0 Å². The smallest absolute Gasteiger partial charge is 0.300 e. The number of amides is 1. The molecule has 0 spiro atoms. The number of aliphatic hydroxyl groups excluding tert-OH is 1. The van der Waals surface area contributed by atoms with Gasteiger partial charge in [-0.3, -0.25) is 14.5 Å². The highest BCUT2D eigenvalue weighted by Gasteiger charge is 2.48. The Hall–Kier alpha value is -4.32. The SMILES string of the molecule is COc1cc(C)c(/C(O)=C2\C(=O)C(=O)N(c3cc(C)cc(C)c3)C2c2c(C)[nH]c3ccccc23)cc1C(C)C. The number of hydrogen-bond donors (Lipinski definition) is 2. The Kier molecular flexibility index (Phi) is 6.59. The lowest BCUT2D eigenvalue weighted by atomic mass is 9.90. The van der Waals surface area contributed by atoms with Crippen LogP contribution in [0.25, 0.3) is 16.7 Å². The molecule has 1 saturated heterocycles. The van der Waals surface area contributed by atoms with Crippen molar-refractivity contribution >= 4 is 34.0 Å². The minimum Gasteiger partial charge on any atom is -0.507 e. The zero-order valence-corrected chi connectivity index (χ0v) is 23.5. The lowest BCUT2D eigenvalue weighted by Gasteiger charge is -2.26. The number of Topliss-reactive ketones (excluding diaryl/α,β-unsaturated/α-hetero) is 1. The molecule has 200 valence electrons. The quantitative estimate of drug-likeness (QED) is 0.165. The predicted octanol–water partition coefficient (Wildman–Crippen LogP) is 7.16. The minimum atomic E-state index is -0.814. The highest BCUT2D eigenvalue weighted by atomic mass is 16.5. The summed E-state index contributed by atoms with van der Waals surface area (Å²) >= 11 is 0. The second-order valence-electron chi connectivity index (χ2n) is 10.8. The van der Waals surface area contributed by atoms with Crippen molar-refractivity contribution in [2.24, 2.45) is 0 Å². The van der Waals surface area contributed by atoms with Crippen LogP contribution in [0.4, 0.5) is 5.69 Å². The molecule has 1 aliphatic heterocycles. The van der Waals surface area contributed by atoms with Gasteiger partial charge in [-0.2, -0.15) is 0 Å². The number of methoxy groups -OCH3 is 1. The van der Waals surface area contributed by atoms with Crippen LogP contribution in [0.2, 0.25) is 0 Å². The van der Waals surface area contributed by atoms with Gasteiger partial charge in [-0.05, 0) is 86.2 Å². The third-order valence-corrected chi connectivity index (χ3v) is 7.60.